The number of carbonyl (C=O) groups is 1. The molecule has 1 aliphatic heterocycles. The fraction of sp³-hybridized carbons (Fsp3) is 0.462. The zero-order valence-corrected chi connectivity index (χ0v) is 9.42. The number of ketones is 1. The molecule has 1 saturated heterocycles. The largest absolute Gasteiger partial charge is 0.313 e. The number of benzene rings is 1. The Morgan fingerprint density at radius 2 is 2.12 bits per heavy atom. The second-order valence-electron chi connectivity index (χ2n) is 4.51. The average Bonchev–Trinajstić information content (AvgIpc) is 2.65. The Hall–Kier alpha value is -1.22. The van der Waals surface area contributed by atoms with E-state index < -0.39 is 5.67 Å². The van der Waals surface area contributed by atoms with Gasteiger partial charge >= 0.3 is 0 Å². The summed E-state index contributed by atoms with van der Waals surface area (Å²) in [4.78, 5) is 11.1. The van der Waals surface area contributed by atoms with E-state index in [1.807, 2.05) is 12.1 Å². The van der Waals surface area contributed by atoms with Gasteiger partial charge in [-0.3, -0.25) is 4.79 Å². The Bertz CT molecular complexity index is 379. The molecule has 1 aromatic carbocycles. The van der Waals surface area contributed by atoms with Crippen LogP contribution in [0, 0.1) is 0 Å². The molecule has 1 atom stereocenters. The second-order valence-corrected chi connectivity index (χ2v) is 4.51. The Labute approximate surface area is 94.9 Å². The molecule has 0 aliphatic carbocycles. The van der Waals surface area contributed by atoms with Gasteiger partial charge in [-0.05, 0) is 25.5 Å². The Morgan fingerprint density at radius 1 is 1.44 bits per heavy atom. The molecule has 0 spiro atoms. The molecular formula is C13H16FNO. The zero-order valence-electron chi connectivity index (χ0n) is 9.42. The van der Waals surface area contributed by atoms with E-state index in [4.69, 9.17) is 0 Å². The van der Waals surface area contributed by atoms with Gasteiger partial charge in [0.05, 0.1) is 0 Å². The first kappa shape index (κ1) is 11.3. The van der Waals surface area contributed by atoms with Crippen LogP contribution in [-0.2, 0) is 6.42 Å². The maximum absolute atomic E-state index is 14.1. The minimum absolute atomic E-state index is 0.0454. The molecule has 86 valence electrons. The van der Waals surface area contributed by atoms with Gasteiger partial charge in [-0.15, -0.1) is 0 Å². The second kappa shape index (κ2) is 4.34. The SMILES string of the molecule is CC(=O)c1ccc(CC2(F)CCNC2)cc1. The molecule has 1 unspecified atom stereocenters. The van der Waals surface area contributed by atoms with Crippen molar-refractivity contribution in [3.05, 3.63) is 35.4 Å². The predicted molar refractivity (Wildman–Crippen MR) is 61.5 cm³/mol. The highest BCUT2D eigenvalue weighted by Crippen LogP contribution is 2.24. The molecule has 1 N–H and O–H groups in total. The van der Waals surface area contributed by atoms with Crippen molar-refractivity contribution in [2.24, 2.45) is 0 Å². The molecule has 16 heavy (non-hydrogen) atoms. The van der Waals surface area contributed by atoms with E-state index in [0.29, 0.717) is 24.9 Å². The van der Waals surface area contributed by atoms with Gasteiger partial charge in [0.25, 0.3) is 0 Å². The van der Waals surface area contributed by atoms with E-state index in [1.54, 1.807) is 12.1 Å². The molecule has 2 rings (SSSR count). The van der Waals surface area contributed by atoms with E-state index in [-0.39, 0.29) is 5.78 Å². The van der Waals surface area contributed by atoms with E-state index in [9.17, 15) is 9.18 Å². The lowest BCUT2D eigenvalue weighted by molar-refractivity contribution is 0.101. The van der Waals surface area contributed by atoms with Crippen LogP contribution in [0.1, 0.15) is 29.3 Å². The van der Waals surface area contributed by atoms with Gasteiger partial charge in [0.1, 0.15) is 5.67 Å². The molecule has 3 heteroatoms. The number of alkyl halides is 1. The summed E-state index contributed by atoms with van der Waals surface area (Å²) in [6, 6.07) is 7.22. The summed E-state index contributed by atoms with van der Waals surface area (Å²) >= 11 is 0. The highest BCUT2D eigenvalue weighted by Gasteiger charge is 2.33. The van der Waals surface area contributed by atoms with Gasteiger partial charge in [0, 0.05) is 18.5 Å². The Balaban J connectivity index is 2.07. The third-order valence-corrected chi connectivity index (χ3v) is 3.07. The summed E-state index contributed by atoms with van der Waals surface area (Å²) in [7, 11) is 0. The number of hydrogen-bond acceptors (Lipinski definition) is 2. The first-order chi connectivity index (χ1) is 7.59. The molecule has 2 nitrogen and oxygen atoms in total. The van der Waals surface area contributed by atoms with Crippen LogP contribution in [0.5, 0.6) is 0 Å². The molecule has 1 aliphatic rings. The maximum atomic E-state index is 14.1. The molecule has 1 heterocycles. The van der Waals surface area contributed by atoms with Crippen molar-refractivity contribution < 1.29 is 9.18 Å². The minimum atomic E-state index is -1.11. The topological polar surface area (TPSA) is 29.1 Å². The molecule has 1 aromatic rings. The van der Waals surface area contributed by atoms with E-state index in [1.165, 1.54) is 6.92 Å². The van der Waals surface area contributed by atoms with Gasteiger partial charge < -0.3 is 5.32 Å². The number of hydrogen-bond donors (Lipinski definition) is 1. The van der Waals surface area contributed by atoms with Crippen LogP contribution in [0.3, 0.4) is 0 Å². The van der Waals surface area contributed by atoms with Crippen LogP contribution in [0.15, 0.2) is 24.3 Å². The van der Waals surface area contributed by atoms with Gasteiger partial charge in [-0.2, -0.15) is 0 Å². The van der Waals surface area contributed by atoms with Crippen molar-refractivity contribution in [1.82, 2.24) is 5.32 Å². The molecule has 1 fully saturated rings. The van der Waals surface area contributed by atoms with Crippen molar-refractivity contribution in [2.45, 2.75) is 25.4 Å². The predicted octanol–water partition coefficient (Wildman–Crippen LogP) is 2.13. The summed E-state index contributed by atoms with van der Waals surface area (Å²) in [6.45, 7) is 2.72. The lowest BCUT2D eigenvalue weighted by atomic mass is 9.95. The maximum Gasteiger partial charge on any atom is 0.159 e. The summed E-state index contributed by atoms with van der Waals surface area (Å²) < 4.78 is 14.1. The van der Waals surface area contributed by atoms with Crippen molar-refractivity contribution in [3.63, 3.8) is 0 Å². The fourth-order valence-corrected chi connectivity index (χ4v) is 2.09. The average molecular weight is 221 g/mol. The fourth-order valence-electron chi connectivity index (χ4n) is 2.09. The zero-order chi connectivity index (χ0) is 11.6. The van der Waals surface area contributed by atoms with Crippen LogP contribution >= 0.6 is 0 Å². The standard InChI is InChI=1S/C13H16FNO/c1-10(16)12-4-2-11(3-5-12)8-13(14)6-7-15-9-13/h2-5,15H,6-9H2,1H3. The number of rotatable bonds is 3. The number of carbonyl (C=O) groups excluding carboxylic acids is 1. The first-order valence-electron chi connectivity index (χ1n) is 5.59. The summed E-state index contributed by atoms with van der Waals surface area (Å²) in [5, 5.41) is 3.03. The minimum Gasteiger partial charge on any atom is -0.313 e. The quantitative estimate of drug-likeness (QED) is 0.792. The normalized spacial score (nSPS) is 24.6. The molecule has 0 aromatic heterocycles. The lowest BCUT2D eigenvalue weighted by Crippen LogP contribution is -2.28. The van der Waals surface area contributed by atoms with Crippen molar-refractivity contribution in [3.8, 4) is 0 Å². The van der Waals surface area contributed by atoms with Gasteiger partial charge in [0.15, 0.2) is 5.78 Å². The van der Waals surface area contributed by atoms with E-state index >= 15 is 0 Å². The molecule has 0 saturated carbocycles. The molecular weight excluding hydrogens is 205 g/mol. The summed E-state index contributed by atoms with van der Waals surface area (Å²) in [6.07, 6.45) is 1.000. The van der Waals surface area contributed by atoms with E-state index in [0.717, 1.165) is 12.1 Å². The third kappa shape index (κ3) is 2.47. The Kier molecular flexibility index (Phi) is 3.06. The molecule has 0 radical (unpaired) electrons. The van der Waals surface area contributed by atoms with E-state index in [2.05, 4.69) is 5.32 Å². The van der Waals surface area contributed by atoms with Gasteiger partial charge in [-0.1, -0.05) is 24.3 Å². The Morgan fingerprint density at radius 3 is 2.62 bits per heavy atom. The van der Waals surface area contributed by atoms with Crippen LogP contribution < -0.4 is 5.32 Å². The van der Waals surface area contributed by atoms with Crippen LogP contribution in [0.4, 0.5) is 4.39 Å². The highest BCUT2D eigenvalue weighted by atomic mass is 19.1. The highest BCUT2D eigenvalue weighted by molar-refractivity contribution is 5.93. The number of nitrogens with one attached hydrogen (secondary N) is 1. The van der Waals surface area contributed by atoms with Crippen molar-refractivity contribution >= 4 is 5.78 Å². The van der Waals surface area contributed by atoms with Gasteiger partial charge in [0.2, 0.25) is 0 Å². The molecule has 0 amide bonds. The van der Waals surface area contributed by atoms with Gasteiger partial charge in [-0.25, -0.2) is 4.39 Å². The summed E-state index contributed by atoms with van der Waals surface area (Å²) in [5.74, 6) is 0.0454. The van der Waals surface area contributed by atoms with Crippen molar-refractivity contribution in [1.29, 1.82) is 0 Å². The third-order valence-electron chi connectivity index (χ3n) is 3.07. The number of Topliss-reactive ketones (excluding diaryl/α,β-unsaturated/α-hetero) is 1. The molecule has 0 bridgehead atoms. The summed E-state index contributed by atoms with van der Waals surface area (Å²) in [5.41, 5.74) is 0.523. The smallest absolute Gasteiger partial charge is 0.159 e. The number of halogens is 1. The van der Waals surface area contributed by atoms with Crippen LogP contribution in [-0.4, -0.2) is 24.5 Å². The first-order valence-corrected chi connectivity index (χ1v) is 5.59. The van der Waals surface area contributed by atoms with Crippen LogP contribution in [0.2, 0.25) is 0 Å². The lowest BCUT2D eigenvalue weighted by Gasteiger charge is -2.17. The van der Waals surface area contributed by atoms with Crippen LogP contribution in [0.25, 0.3) is 0 Å². The van der Waals surface area contributed by atoms with Crippen molar-refractivity contribution in [2.75, 3.05) is 13.1 Å². The monoisotopic (exact) mass is 221 g/mol.